The first-order valence-corrected chi connectivity index (χ1v) is 6.37. The van der Waals surface area contributed by atoms with E-state index in [0.717, 1.165) is 12.1 Å². The number of hydrogen-bond donors (Lipinski definition) is 0. The molecule has 0 spiro atoms. The highest BCUT2D eigenvalue weighted by Crippen LogP contribution is 2.29. The van der Waals surface area contributed by atoms with Gasteiger partial charge in [-0.15, -0.1) is 0 Å². The maximum Gasteiger partial charge on any atom is 0.417 e. The van der Waals surface area contributed by atoms with E-state index >= 15 is 0 Å². The van der Waals surface area contributed by atoms with Gasteiger partial charge in [-0.1, -0.05) is 24.3 Å². The number of halogens is 3. The largest absolute Gasteiger partial charge is 0.417 e. The van der Waals surface area contributed by atoms with Crippen LogP contribution in [0.5, 0.6) is 0 Å². The summed E-state index contributed by atoms with van der Waals surface area (Å²) in [5.41, 5.74) is 0.135. The number of benzene rings is 1. The van der Waals surface area contributed by atoms with Gasteiger partial charge >= 0.3 is 6.18 Å². The summed E-state index contributed by atoms with van der Waals surface area (Å²) in [7, 11) is 0. The lowest BCUT2D eigenvalue weighted by Crippen LogP contribution is -2.15. The molecule has 22 heavy (non-hydrogen) atoms. The highest BCUT2D eigenvalue weighted by atomic mass is 19.4. The lowest BCUT2D eigenvalue weighted by atomic mass is 9.92. The molecule has 0 amide bonds. The predicted molar refractivity (Wildman–Crippen MR) is 73.1 cm³/mol. The normalized spacial score (nSPS) is 12.5. The quantitative estimate of drug-likeness (QED) is 0.808. The van der Waals surface area contributed by atoms with Gasteiger partial charge < -0.3 is 0 Å². The predicted octanol–water partition coefficient (Wildman–Crippen LogP) is 3.90. The number of rotatable bonds is 3. The molecule has 6 heteroatoms. The van der Waals surface area contributed by atoms with Crippen molar-refractivity contribution in [3.8, 4) is 6.07 Å². The maximum atomic E-state index is 12.5. The lowest BCUT2D eigenvalue weighted by Gasteiger charge is -2.11. The van der Waals surface area contributed by atoms with Crippen molar-refractivity contribution in [1.29, 1.82) is 5.26 Å². The average Bonchev–Trinajstić information content (AvgIpc) is 2.48. The van der Waals surface area contributed by atoms with Crippen LogP contribution in [0.15, 0.2) is 42.6 Å². The molecule has 1 heterocycles. The Labute approximate surface area is 125 Å². The van der Waals surface area contributed by atoms with Crippen LogP contribution in [-0.2, 0) is 6.18 Å². The number of aromatic nitrogens is 1. The van der Waals surface area contributed by atoms with Gasteiger partial charge in [-0.05, 0) is 24.6 Å². The number of pyridine rings is 1. The van der Waals surface area contributed by atoms with Gasteiger partial charge in [0, 0.05) is 11.8 Å². The molecule has 1 aromatic carbocycles. The van der Waals surface area contributed by atoms with Gasteiger partial charge in [0.2, 0.25) is 0 Å². The zero-order valence-electron chi connectivity index (χ0n) is 11.6. The third-order valence-corrected chi connectivity index (χ3v) is 3.21. The second-order valence-corrected chi connectivity index (χ2v) is 4.71. The van der Waals surface area contributed by atoms with Crippen LogP contribution in [0.1, 0.15) is 33.1 Å². The molecule has 2 rings (SSSR count). The average molecular weight is 304 g/mol. The summed E-state index contributed by atoms with van der Waals surface area (Å²) in [6, 6.07) is 10.4. The molecule has 0 saturated heterocycles. The van der Waals surface area contributed by atoms with E-state index in [1.807, 2.05) is 6.07 Å². The molecule has 0 radical (unpaired) electrons. The second-order valence-electron chi connectivity index (χ2n) is 4.71. The summed E-state index contributed by atoms with van der Waals surface area (Å²) in [6.45, 7) is 1.72. The number of carbonyl (C=O) groups is 1. The first-order valence-electron chi connectivity index (χ1n) is 6.37. The highest BCUT2D eigenvalue weighted by molar-refractivity contribution is 6.03. The van der Waals surface area contributed by atoms with Crippen molar-refractivity contribution in [2.24, 2.45) is 0 Å². The van der Waals surface area contributed by atoms with Crippen LogP contribution in [0.4, 0.5) is 13.2 Å². The topological polar surface area (TPSA) is 53.8 Å². The number of nitriles is 1. The van der Waals surface area contributed by atoms with Crippen LogP contribution >= 0.6 is 0 Å². The van der Waals surface area contributed by atoms with E-state index in [0.29, 0.717) is 17.3 Å². The molecule has 1 unspecified atom stereocenters. The number of carbonyl (C=O) groups excluding carboxylic acids is 1. The summed E-state index contributed by atoms with van der Waals surface area (Å²) < 4.78 is 37.5. The monoisotopic (exact) mass is 304 g/mol. The minimum absolute atomic E-state index is 0.00348. The Bertz CT molecular complexity index is 730. The third-order valence-electron chi connectivity index (χ3n) is 3.21. The summed E-state index contributed by atoms with van der Waals surface area (Å²) >= 11 is 0. The molecule has 1 atom stereocenters. The van der Waals surface area contributed by atoms with Gasteiger partial charge in [-0.25, -0.2) is 0 Å². The number of alkyl halides is 3. The van der Waals surface area contributed by atoms with Gasteiger partial charge in [-0.2, -0.15) is 18.4 Å². The molecule has 0 aliphatic rings. The van der Waals surface area contributed by atoms with Crippen LogP contribution in [0.3, 0.4) is 0 Å². The Hall–Kier alpha value is -2.68. The van der Waals surface area contributed by atoms with E-state index in [-0.39, 0.29) is 5.69 Å². The molecule has 0 fully saturated rings. The van der Waals surface area contributed by atoms with E-state index < -0.39 is 23.4 Å². The van der Waals surface area contributed by atoms with Gasteiger partial charge in [0.1, 0.15) is 0 Å². The lowest BCUT2D eigenvalue weighted by molar-refractivity contribution is -0.137. The summed E-state index contributed by atoms with van der Waals surface area (Å²) in [4.78, 5) is 16.0. The first kappa shape index (κ1) is 15.7. The number of ketones is 1. The zero-order chi connectivity index (χ0) is 16.3. The molecule has 1 aromatic heterocycles. The Morgan fingerprint density at radius 3 is 2.41 bits per heavy atom. The SMILES string of the molecule is Cc1ccccc1C(=O)C(C#N)c1ccc(C(F)(F)F)cn1. The molecule has 0 bridgehead atoms. The van der Waals surface area contributed by atoms with Crippen LogP contribution in [0.2, 0.25) is 0 Å². The highest BCUT2D eigenvalue weighted by Gasteiger charge is 2.32. The minimum Gasteiger partial charge on any atom is -0.292 e. The molecular formula is C16H11F3N2O. The summed E-state index contributed by atoms with van der Waals surface area (Å²) in [6.07, 6.45) is -3.88. The van der Waals surface area contributed by atoms with Crippen LogP contribution in [0.25, 0.3) is 0 Å². The number of hydrogen-bond acceptors (Lipinski definition) is 3. The first-order chi connectivity index (χ1) is 10.3. The fourth-order valence-corrected chi connectivity index (χ4v) is 2.01. The van der Waals surface area contributed by atoms with Gasteiger partial charge in [0.25, 0.3) is 0 Å². The van der Waals surface area contributed by atoms with Crippen molar-refractivity contribution in [1.82, 2.24) is 4.98 Å². The molecule has 0 saturated carbocycles. The maximum absolute atomic E-state index is 12.5. The number of aryl methyl sites for hydroxylation is 1. The molecule has 2 aromatic rings. The fourth-order valence-electron chi connectivity index (χ4n) is 2.01. The second kappa shape index (κ2) is 5.98. The van der Waals surface area contributed by atoms with E-state index in [4.69, 9.17) is 0 Å². The van der Waals surface area contributed by atoms with Gasteiger partial charge in [0.05, 0.1) is 17.3 Å². The van der Waals surface area contributed by atoms with E-state index in [9.17, 15) is 23.2 Å². The van der Waals surface area contributed by atoms with E-state index in [2.05, 4.69) is 4.98 Å². The minimum atomic E-state index is -4.51. The Morgan fingerprint density at radius 2 is 1.91 bits per heavy atom. The Kier molecular flexibility index (Phi) is 4.27. The van der Waals surface area contributed by atoms with E-state index in [1.165, 1.54) is 0 Å². The van der Waals surface area contributed by atoms with Crippen LogP contribution < -0.4 is 0 Å². The van der Waals surface area contributed by atoms with Crippen molar-refractivity contribution in [2.45, 2.75) is 19.0 Å². The van der Waals surface area contributed by atoms with Crippen molar-refractivity contribution < 1.29 is 18.0 Å². The van der Waals surface area contributed by atoms with Crippen molar-refractivity contribution in [3.63, 3.8) is 0 Å². The number of nitrogens with zero attached hydrogens (tertiary/aromatic N) is 2. The molecule has 0 N–H and O–H groups in total. The molecule has 0 aliphatic heterocycles. The molecule has 3 nitrogen and oxygen atoms in total. The smallest absolute Gasteiger partial charge is 0.292 e. The summed E-state index contributed by atoms with van der Waals surface area (Å²) in [5.74, 6) is -1.71. The Morgan fingerprint density at radius 1 is 1.23 bits per heavy atom. The van der Waals surface area contributed by atoms with Crippen molar-refractivity contribution in [3.05, 3.63) is 65.0 Å². The third kappa shape index (κ3) is 3.14. The Balaban J connectivity index is 2.35. The zero-order valence-corrected chi connectivity index (χ0v) is 11.6. The van der Waals surface area contributed by atoms with Gasteiger partial charge in [-0.3, -0.25) is 9.78 Å². The van der Waals surface area contributed by atoms with E-state index in [1.54, 1.807) is 31.2 Å². The standard InChI is InChI=1S/C16H11F3N2O/c1-10-4-2-3-5-12(10)15(22)13(8-20)14-7-6-11(9-21-14)16(17,18)19/h2-7,9,13H,1H3. The number of Topliss-reactive ketones (excluding diaryl/α,β-unsaturated/α-hetero) is 1. The van der Waals surface area contributed by atoms with Crippen LogP contribution in [-0.4, -0.2) is 10.8 Å². The fraction of sp³-hybridized carbons (Fsp3) is 0.188. The van der Waals surface area contributed by atoms with Gasteiger partial charge in [0.15, 0.2) is 11.7 Å². The van der Waals surface area contributed by atoms with Crippen LogP contribution in [0, 0.1) is 18.3 Å². The van der Waals surface area contributed by atoms with Crippen molar-refractivity contribution in [2.75, 3.05) is 0 Å². The summed E-state index contributed by atoms with van der Waals surface area (Å²) in [5, 5.41) is 9.20. The molecule has 0 aliphatic carbocycles. The molecule has 112 valence electrons. The molecular weight excluding hydrogens is 293 g/mol. The van der Waals surface area contributed by atoms with Crippen molar-refractivity contribution >= 4 is 5.78 Å².